The van der Waals surface area contributed by atoms with Crippen molar-refractivity contribution in [2.24, 2.45) is 0 Å². The molecule has 0 spiro atoms. The van der Waals surface area contributed by atoms with Crippen LogP contribution >= 0.6 is 27.5 Å². The highest BCUT2D eigenvalue weighted by atomic mass is 79.9. The molecule has 1 heterocycles. The van der Waals surface area contributed by atoms with Crippen molar-refractivity contribution < 1.29 is 9.72 Å². The molecule has 1 aromatic carbocycles. The first-order valence-electron chi connectivity index (χ1n) is 5.37. The molecular formula is C11H8BrClN4O3. The summed E-state index contributed by atoms with van der Waals surface area (Å²) in [5.41, 5.74) is -0.164. The first-order valence-corrected chi connectivity index (χ1v) is 6.54. The Morgan fingerprint density at radius 2 is 2.30 bits per heavy atom. The lowest BCUT2D eigenvalue weighted by Crippen LogP contribution is -2.19. The molecule has 20 heavy (non-hydrogen) atoms. The fourth-order valence-corrected chi connectivity index (χ4v) is 2.02. The predicted molar refractivity (Wildman–Crippen MR) is 76.7 cm³/mol. The van der Waals surface area contributed by atoms with Gasteiger partial charge in [-0.2, -0.15) is 5.10 Å². The van der Waals surface area contributed by atoms with Crippen LogP contribution in [-0.2, 0) is 11.3 Å². The summed E-state index contributed by atoms with van der Waals surface area (Å²) >= 11 is 8.90. The van der Waals surface area contributed by atoms with Gasteiger partial charge in [0.05, 0.1) is 15.6 Å². The van der Waals surface area contributed by atoms with E-state index in [1.54, 1.807) is 6.20 Å². The molecule has 104 valence electrons. The van der Waals surface area contributed by atoms with Crippen molar-refractivity contribution in [1.29, 1.82) is 0 Å². The van der Waals surface area contributed by atoms with Crippen LogP contribution in [0.3, 0.4) is 0 Å². The Morgan fingerprint density at radius 3 is 2.90 bits per heavy atom. The minimum absolute atomic E-state index is 0.0502. The highest BCUT2D eigenvalue weighted by molar-refractivity contribution is 9.10. The summed E-state index contributed by atoms with van der Waals surface area (Å²) < 4.78 is 2.14. The Kier molecular flexibility index (Phi) is 4.35. The highest BCUT2D eigenvalue weighted by Gasteiger charge is 2.16. The van der Waals surface area contributed by atoms with E-state index in [2.05, 4.69) is 26.3 Å². The Labute approximate surface area is 126 Å². The number of hydrogen-bond donors (Lipinski definition) is 1. The molecule has 0 unspecified atom stereocenters. The number of nitro benzene ring substituents is 1. The molecule has 0 atom stereocenters. The summed E-state index contributed by atoms with van der Waals surface area (Å²) in [5.74, 6) is -0.425. The van der Waals surface area contributed by atoms with Crippen LogP contribution in [0.2, 0.25) is 5.02 Å². The van der Waals surface area contributed by atoms with E-state index in [1.807, 2.05) is 0 Å². The molecule has 1 amide bonds. The average molecular weight is 360 g/mol. The number of aromatic nitrogens is 2. The van der Waals surface area contributed by atoms with Gasteiger partial charge in [0.25, 0.3) is 5.69 Å². The van der Waals surface area contributed by atoms with Crippen molar-refractivity contribution >= 4 is 44.8 Å². The van der Waals surface area contributed by atoms with E-state index >= 15 is 0 Å². The molecule has 1 aromatic heterocycles. The van der Waals surface area contributed by atoms with Gasteiger partial charge in [0.15, 0.2) is 0 Å². The van der Waals surface area contributed by atoms with E-state index < -0.39 is 10.8 Å². The second kappa shape index (κ2) is 6.02. The van der Waals surface area contributed by atoms with Crippen molar-refractivity contribution in [2.45, 2.75) is 6.54 Å². The molecule has 2 aromatic rings. The van der Waals surface area contributed by atoms with Gasteiger partial charge in [0.1, 0.15) is 12.2 Å². The van der Waals surface area contributed by atoms with Crippen LogP contribution in [0, 0.1) is 10.1 Å². The smallest absolute Gasteiger partial charge is 0.294 e. The molecule has 1 N–H and O–H groups in total. The Balaban J connectivity index is 2.13. The van der Waals surface area contributed by atoms with E-state index in [1.165, 1.54) is 29.1 Å². The van der Waals surface area contributed by atoms with Crippen LogP contribution in [-0.4, -0.2) is 20.6 Å². The van der Waals surface area contributed by atoms with Gasteiger partial charge >= 0.3 is 0 Å². The molecule has 0 aliphatic heterocycles. The Hall–Kier alpha value is -1.93. The third-order valence-corrected chi connectivity index (χ3v) is 2.98. The molecule has 9 heteroatoms. The largest absolute Gasteiger partial charge is 0.319 e. The number of carbonyl (C=O) groups is 1. The van der Waals surface area contributed by atoms with Crippen LogP contribution in [0.4, 0.5) is 11.4 Å². The third kappa shape index (κ3) is 3.55. The molecule has 0 saturated heterocycles. The number of amides is 1. The number of carbonyl (C=O) groups excluding carboxylic acids is 1. The third-order valence-electron chi connectivity index (χ3n) is 2.34. The number of halogens is 2. The molecule has 0 bridgehead atoms. The standard InChI is InChI=1S/C11H8BrClN4O3/c12-7-4-14-16(5-7)6-11(18)15-9-2-1-8(13)3-10(9)17(19)20/h1-5H,6H2,(H,15,18). The minimum Gasteiger partial charge on any atom is -0.319 e. The summed E-state index contributed by atoms with van der Waals surface area (Å²) in [6.45, 7) is -0.0502. The van der Waals surface area contributed by atoms with Gasteiger partial charge in [-0.15, -0.1) is 0 Å². The maximum Gasteiger partial charge on any atom is 0.294 e. The number of nitrogens with one attached hydrogen (secondary N) is 1. The normalized spacial score (nSPS) is 10.3. The van der Waals surface area contributed by atoms with Crippen LogP contribution < -0.4 is 5.32 Å². The van der Waals surface area contributed by atoms with Gasteiger partial charge in [-0.3, -0.25) is 19.6 Å². The SMILES string of the molecule is O=C(Cn1cc(Br)cn1)Nc1ccc(Cl)cc1[N+](=O)[O-]. The fraction of sp³-hybridized carbons (Fsp3) is 0.0909. The van der Waals surface area contributed by atoms with Crippen molar-refractivity contribution in [3.05, 3.63) is 50.2 Å². The summed E-state index contributed by atoms with van der Waals surface area (Å²) in [6.07, 6.45) is 3.16. The van der Waals surface area contributed by atoms with Crippen LogP contribution in [0.1, 0.15) is 0 Å². The second-order valence-corrected chi connectivity index (χ2v) is 5.18. The van der Waals surface area contributed by atoms with Crippen LogP contribution in [0.5, 0.6) is 0 Å². The first-order chi connectivity index (χ1) is 9.45. The monoisotopic (exact) mass is 358 g/mol. The maximum atomic E-state index is 11.8. The first kappa shape index (κ1) is 14.5. The van der Waals surface area contributed by atoms with E-state index in [4.69, 9.17) is 11.6 Å². The molecule has 0 radical (unpaired) electrons. The molecule has 7 nitrogen and oxygen atoms in total. The lowest BCUT2D eigenvalue weighted by Gasteiger charge is -2.06. The van der Waals surface area contributed by atoms with Crippen LogP contribution in [0.15, 0.2) is 35.1 Å². The zero-order valence-corrected chi connectivity index (χ0v) is 12.3. The van der Waals surface area contributed by atoms with Crippen LogP contribution in [0.25, 0.3) is 0 Å². The Morgan fingerprint density at radius 1 is 1.55 bits per heavy atom. The van der Waals surface area contributed by atoms with E-state index in [-0.39, 0.29) is 22.9 Å². The molecular weight excluding hydrogens is 352 g/mol. The highest BCUT2D eigenvalue weighted by Crippen LogP contribution is 2.27. The van der Waals surface area contributed by atoms with Crippen molar-refractivity contribution in [1.82, 2.24) is 9.78 Å². The molecule has 0 fully saturated rings. The second-order valence-electron chi connectivity index (χ2n) is 3.82. The lowest BCUT2D eigenvalue weighted by atomic mass is 10.2. The summed E-state index contributed by atoms with van der Waals surface area (Å²) in [4.78, 5) is 22.1. The van der Waals surface area contributed by atoms with Gasteiger partial charge in [-0.05, 0) is 28.1 Å². The molecule has 0 saturated carbocycles. The molecule has 0 aliphatic rings. The van der Waals surface area contributed by atoms with Gasteiger partial charge in [0, 0.05) is 17.3 Å². The number of rotatable bonds is 4. The summed E-state index contributed by atoms with van der Waals surface area (Å²) in [7, 11) is 0. The Bertz CT molecular complexity index is 673. The van der Waals surface area contributed by atoms with Gasteiger partial charge in [0.2, 0.25) is 5.91 Å². The quantitative estimate of drug-likeness (QED) is 0.671. The number of nitrogens with zero attached hydrogens (tertiary/aromatic N) is 3. The average Bonchev–Trinajstić information content (AvgIpc) is 2.76. The van der Waals surface area contributed by atoms with Gasteiger partial charge < -0.3 is 5.32 Å². The fourth-order valence-electron chi connectivity index (χ4n) is 1.52. The zero-order chi connectivity index (χ0) is 14.7. The number of hydrogen-bond acceptors (Lipinski definition) is 4. The minimum atomic E-state index is -0.605. The lowest BCUT2D eigenvalue weighted by molar-refractivity contribution is -0.383. The molecule has 0 aliphatic carbocycles. The number of nitro groups is 1. The maximum absolute atomic E-state index is 11.8. The summed E-state index contributed by atoms with van der Waals surface area (Å²) in [5, 5.41) is 17.5. The number of anilines is 1. The zero-order valence-electron chi connectivity index (χ0n) is 9.92. The molecule has 2 rings (SSSR count). The van der Waals surface area contributed by atoms with Gasteiger partial charge in [-0.25, -0.2) is 0 Å². The van der Waals surface area contributed by atoms with Crippen molar-refractivity contribution in [3.63, 3.8) is 0 Å². The summed E-state index contributed by atoms with van der Waals surface area (Å²) in [6, 6.07) is 4.04. The van der Waals surface area contributed by atoms with E-state index in [0.717, 1.165) is 4.47 Å². The van der Waals surface area contributed by atoms with Gasteiger partial charge in [-0.1, -0.05) is 11.6 Å². The van der Waals surface area contributed by atoms with E-state index in [0.29, 0.717) is 0 Å². The number of benzene rings is 1. The topological polar surface area (TPSA) is 90.1 Å². The van der Waals surface area contributed by atoms with Crippen molar-refractivity contribution in [3.8, 4) is 0 Å². The van der Waals surface area contributed by atoms with Crippen molar-refractivity contribution in [2.75, 3.05) is 5.32 Å². The predicted octanol–water partition coefficient (Wildman–Crippen LogP) is 2.85. The van der Waals surface area contributed by atoms with E-state index in [9.17, 15) is 14.9 Å².